The number of hydrogen-bond donors (Lipinski definition) is 2. The zero-order chi connectivity index (χ0) is 10.9. The van der Waals surface area contributed by atoms with E-state index in [1.807, 2.05) is 6.08 Å². The molecule has 1 saturated heterocycles. The first-order chi connectivity index (χ1) is 7.36. The van der Waals surface area contributed by atoms with E-state index in [9.17, 15) is 0 Å². The van der Waals surface area contributed by atoms with Gasteiger partial charge in [0.05, 0.1) is 6.61 Å². The van der Waals surface area contributed by atoms with E-state index in [0.717, 1.165) is 26.2 Å². The maximum atomic E-state index is 8.95. The zero-order valence-electron chi connectivity index (χ0n) is 9.62. The van der Waals surface area contributed by atoms with E-state index in [1.54, 1.807) is 0 Å². The molecule has 88 valence electrons. The Balaban J connectivity index is 2.30. The fourth-order valence-corrected chi connectivity index (χ4v) is 2.15. The van der Waals surface area contributed by atoms with E-state index in [0.29, 0.717) is 6.04 Å². The normalized spacial score (nSPS) is 22.7. The molecule has 0 saturated carbocycles. The number of nitrogens with one attached hydrogen (secondary N) is 1. The van der Waals surface area contributed by atoms with Crippen LogP contribution in [0.25, 0.3) is 0 Å². The second-order valence-electron chi connectivity index (χ2n) is 4.27. The molecule has 1 rings (SSSR count). The highest BCUT2D eigenvalue weighted by atomic mass is 16.3. The van der Waals surface area contributed by atoms with E-state index in [1.165, 1.54) is 25.7 Å². The lowest BCUT2D eigenvalue weighted by molar-refractivity contribution is 0.193. The summed E-state index contributed by atoms with van der Waals surface area (Å²) >= 11 is 0. The Labute approximate surface area is 93.2 Å². The van der Waals surface area contributed by atoms with E-state index in [2.05, 4.69) is 16.8 Å². The summed E-state index contributed by atoms with van der Waals surface area (Å²) in [6.07, 6.45) is 7.16. The maximum absolute atomic E-state index is 8.95. The Hall–Kier alpha value is -0.380. The van der Waals surface area contributed by atoms with E-state index < -0.39 is 0 Å². The third-order valence-electron chi connectivity index (χ3n) is 2.94. The lowest BCUT2D eigenvalue weighted by atomic mass is 10.1. The summed E-state index contributed by atoms with van der Waals surface area (Å²) in [5, 5.41) is 12.5. The summed E-state index contributed by atoms with van der Waals surface area (Å²) in [6, 6.07) is 0.596. The molecule has 0 aromatic heterocycles. The molecular weight excluding hydrogens is 188 g/mol. The number of nitrogens with zero attached hydrogens (tertiary/aromatic N) is 1. The van der Waals surface area contributed by atoms with Crippen LogP contribution >= 0.6 is 0 Å². The highest BCUT2D eigenvalue weighted by Crippen LogP contribution is 2.09. The SMILES string of the molecule is C=CCN(CCO)CC1CCCCCN1. The van der Waals surface area contributed by atoms with Gasteiger partial charge in [-0.1, -0.05) is 18.9 Å². The second kappa shape index (κ2) is 7.85. The number of aliphatic hydroxyl groups excluding tert-OH is 1. The van der Waals surface area contributed by atoms with Gasteiger partial charge in [0.25, 0.3) is 0 Å². The number of rotatable bonds is 6. The van der Waals surface area contributed by atoms with Crippen molar-refractivity contribution in [1.82, 2.24) is 10.2 Å². The van der Waals surface area contributed by atoms with Crippen molar-refractivity contribution in [2.75, 3.05) is 32.8 Å². The van der Waals surface area contributed by atoms with Gasteiger partial charge >= 0.3 is 0 Å². The summed E-state index contributed by atoms with van der Waals surface area (Å²) in [6.45, 7) is 7.79. The lowest BCUT2D eigenvalue weighted by Gasteiger charge is -2.25. The van der Waals surface area contributed by atoms with Crippen molar-refractivity contribution in [3.8, 4) is 0 Å². The Morgan fingerprint density at radius 3 is 3.00 bits per heavy atom. The molecule has 1 aliphatic heterocycles. The van der Waals surface area contributed by atoms with Crippen LogP contribution in [0.3, 0.4) is 0 Å². The standard InChI is InChI=1S/C12H24N2O/c1-2-8-14(9-10-15)11-12-6-4-3-5-7-13-12/h2,12-13,15H,1,3-11H2. The molecule has 0 radical (unpaired) electrons. The minimum Gasteiger partial charge on any atom is -0.395 e. The van der Waals surface area contributed by atoms with Crippen LogP contribution in [0, 0.1) is 0 Å². The third kappa shape index (κ3) is 5.30. The summed E-state index contributed by atoms with van der Waals surface area (Å²) in [5.41, 5.74) is 0. The van der Waals surface area contributed by atoms with Gasteiger partial charge in [-0.05, 0) is 19.4 Å². The van der Waals surface area contributed by atoms with Gasteiger partial charge in [0.1, 0.15) is 0 Å². The molecule has 0 amide bonds. The number of hydrogen-bond acceptors (Lipinski definition) is 3. The largest absolute Gasteiger partial charge is 0.395 e. The summed E-state index contributed by atoms with van der Waals surface area (Å²) in [5.74, 6) is 0. The summed E-state index contributed by atoms with van der Waals surface area (Å²) in [4.78, 5) is 2.26. The topological polar surface area (TPSA) is 35.5 Å². The molecule has 3 nitrogen and oxygen atoms in total. The van der Waals surface area contributed by atoms with Gasteiger partial charge in [0, 0.05) is 25.7 Å². The quantitative estimate of drug-likeness (QED) is 0.645. The monoisotopic (exact) mass is 212 g/mol. The molecule has 1 aliphatic rings. The predicted molar refractivity (Wildman–Crippen MR) is 64.0 cm³/mol. The van der Waals surface area contributed by atoms with Gasteiger partial charge in [-0.25, -0.2) is 0 Å². The smallest absolute Gasteiger partial charge is 0.0558 e. The van der Waals surface area contributed by atoms with Crippen molar-refractivity contribution < 1.29 is 5.11 Å². The Morgan fingerprint density at radius 1 is 1.40 bits per heavy atom. The fraction of sp³-hybridized carbons (Fsp3) is 0.833. The minimum atomic E-state index is 0.237. The van der Waals surface area contributed by atoms with Crippen molar-refractivity contribution >= 4 is 0 Å². The summed E-state index contributed by atoms with van der Waals surface area (Å²) in [7, 11) is 0. The molecule has 0 bridgehead atoms. The fourth-order valence-electron chi connectivity index (χ4n) is 2.15. The molecule has 1 atom stereocenters. The van der Waals surface area contributed by atoms with Gasteiger partial charge in [0.2, 0.25) is 0 Å². The van der Waals surface area contributed by atoms with Crippen LogP contribution in [-0.4, -0.2) is 48.8 Å². The molecule has 1 fully saturated rings. The predicted octanol–water partition coefficient (Wildman–Crippen LogP) is 0.999. The van der Waals surface area contributed by atoms with Gasteiger partial charge in [0.15, 0.2) is 0 Å². The van der Waals surface area contributed by atoms with Gasteiger partial charge in [-0.2, -0.15) is 0 Å². The Kier molecular flexibility index (Phi) is 6.64. The molecule has 1 unspecified atom stereocenters. The van der Waals surface area contributed by atoms with Gasteiger partial charge in [-0.15, -0.1) is 6.58 Å². The molecule has 15 heavy (non-hydrogen) atoms. The van der Waals surface area contributed by atoms with Gasteiger partial charge in [-0.3, -0.25) is 4.90 Å². The second-order valence-corrected chi connectivity index (χ2v) is 4.27. The highest BCUT2D eigenvalue weighted by molar-refractivity contribution is 4.79. The average molecular weight is 212 g/mol. The van der Waals surface area contributed by atoms with Crippen molar-refractivity contribution in [2.45, 2.75) is 31.7 Å². The molecule has 0 aromatic rings. The first kappa shape index (κ1) is 12.7. The molecule has 0 aliphatic carbocycles. The lowest BCUT2D eigenvalue weighted by Crippen LogP contribution is -2.41. The third-order valence-corrected chi connectivity index (χ3v) is 2.94. The average Bonchev–Trinajstić information content (AvgIpc) is 2.47. The van der Waals surface area contributed by atoms with E-state index >= 15 is 0 Å². The maximum Gasteiger partial charge on any atom is 0.0558 e. The molecule has 1 heterocycles. The van der Waals surface area contributed by atoms with Crippen LogP contribution in [-0.2, 0) is 0 Å². The van der Waals surface area contributed by atoms with Crippen LogP contribution in [0.1, 0.15) is 25.7 Å². The van der Waals surface area contributed by atoms with Crippen molar-refractivity contribution in [2.24, 2.45) is 0 Å². The van der Waals surface area contributed by atoms with Crippen LogP contribution in [0.15, 0.2) is 12.7 Å². The molecular formula is C12H24N2O. The Bertz CT molecular complexity index is 165. The van der Waals surface area contributed by atoms with Crippen LogP contribution in [0.2, 0.25) is 0 Å². The van der Waals surface area contributed by atoms with E-state index in [4.69, 9.17) is 5.11 Å². The molecule has 2 N–H and O–H groups in total. The van der Waals surface area contributed by atoms with Crippen LogP contribution < -0.4 is 5.32 Å². The first-order valence-electron chi connectivity index (χ1n) is 6.04. The highest BCUT2D eigenvalue weighted by Gasteiger charge is 2.14. The zero-order valence-corrected chi connectivity index (χ0v) is 9.62. The van der Waals surface area contributed by atoms with Crippen LogP contribution in [0.4, 0.5) is 0 Å². The molecule has 3 heteroatoms. The number of aliphatic hydroxyl groups is 1. The van der Waals surface area contributed by atoms with Crippen molar-refractivity contribution in [1.29, 1.82) is 0 Å². The van der Waals surface area contributed by atoms with Crippen molar-refractivity contribution in [3.05, 3.63) is 12.7 Å². The molecule has 0 spiro atoms. The first-order valence-corrected chi connectivity index (χ1v) is 6.04. The van der Waals surface area contributed by atoms with Crippen molar-refractivity contribution in [3.63, 3.8) is 0 Å². The minimum absolute atomic E-state index is 0.237. The van der Waals surface area contributed by atoms with Crippen LogP contribution in [0.5, 0.6) is 0 Å². The van der Waals surface area contributed by atoms with Gasteiger partial charge < -0.3 is 10.4 Å². The Morgan fingerprint density at radius 2 is 2.27 bits per heavy atom. The summed E-state index contributed by atoms with van der Waals surface area (Å²) < 4.78 is 0. The van der Waals surface area contributed by atoms with E-state index in [-0.39, 0.29) is 6.61 Å². The molecule has 0 aromatic carbocycles.